The first-order chi connectivity index (χ1) is 7.83. The van der Waals surface area contributed by atoms with Gasteiger partial charge in [-0.15, -0.1) is 0 Å². The van der Waals surface area contributed by atoms with E-state index in [4.69, 9.17) is 0 Å². The van der Waals surface area contributed by atoms with Crippen LogP contribution in [-0.4, -0.2) is 22.8 Å². The van der Waals surface area contributed by atoms with E-state index < -0.39 is 0 Å². The first kappa shape index (κ1) is 11.7. The van der Waals surface area contributed by atoms with E-state index in [1.807, 2.05) is 0 Å². The summed E-state index contributed by atoms with van der Waals surface area (Å²) >= 11 is 1.78. The maximum atomic E-state index is 4.62. The van der Waals surface area contributed by atoms with Gasteiger partial charge in [0.05, 0.1) is 5.75 Å². The molecule has 1 saturated carbocycles. The molecule has 0 atom stereocenters. The Labute approximate surface area is 101 Å². The lowest BCUT2D eigenvalue weighted by atomic mass is 10.2. The van der Waals surface area contributed by atoms with Gasteiger partial charge in [0.25, 0.3) is 0 Å². The summed E-state index contributed by atoms with van der Waals surface area (Å²) in [7, 11) is 0. The number of rotatable bonds is 6. The Hall–Kier alpha value is -0.770. The highest BCUT2D eigenvalue weighted by atomic mass is 32.2. The summed E-state index contributed by atoms with van der Waals surface area (Å²) in [4.78, 5) is 9.15. The summed E-state index contributed by atoms with van der Waals surface area (Å²) in [6.07, 6.45) is 5.80. The molecule has 0 amide bonds. The first-order valence-corrected chi connectivity index (χ1v) is 7.33. The van der Waals surface area contributed by atoms with Crippen molar-refractivity contribution in [2.24, 2.45) is 0 Å². The predicted molar refractivity (Wildman–Crippen MR) is 70.0 cm³/mol. The summed E-state index contributed by atoms with van der Waals surface area (Å²) in [5.41, 5.74) is 1.23. The third-order valence-electron chi connectivity index (χ3n) is 2.62. The summed E-state index contributed by atoms with van der Waals surface area (Å²) in [5.74, 6) is 3.57. The Morgan fingerprint density at radius 1 is 1.44 bits per heavy atom. The van der Waals surface area contributed by atoms with Crippen LogP contribution in [0.2, 0.25) is 0 Å². The van der Waals surface area contributed by atoms with Gasteiger partial charge in [-0.3, -0.25) is 0 Å². The first-order valence-electron chi connectivity index (χ1n) is 5.94. The number of thioether (sulfide) groups is 1. The quantitative estimate of drug-likeness (QED) is 0.825. The van der Waals surface area contributed by atoms with Crippen molar-refractivity contribution in [3.8, 4) is 0 Å². The van der Waals surface area contributed by atoms with Crippen LogP contribution in [0.15, 0.2) is 6.07 Å². The minimum Gasteiger partial charge on any atom is -0.370 e. The molecular weight excluding hydrogens is 218 g/mol. The van der Waals surface area contributed by atoms with E-state index in [2.05, 4.69) is 34.5 Å². The Balaban J connectivity index is 2.14. The highest BCUT2D eigenvalue weighted by molar-refractivity contribution is 7.97. The molecule has 0 spiro atoms. The molecule has 1 aliphatic rings. The number of nitrogens with zero attached hydrogens (tertiary/aromatic N) is 2. The van der Waals surface area contributed by atoms with E-state index in [0.29, 0.717) is 5.92 Å². The van der Waals surface area contributed by atoms with E-state index in [9.17, 15) is 0 Å². The molecule has 0 bridgehead atoms. The number of aromatic nitrogens is 2. The molecule has 1 aromatic heterocycles. The van der Waals surface area contributed by atoms with Gasteiger partial charge in [0, 0.05) is 24.2 Å². The molecule has 3 nitrogen and oxygen atoms in total. The van der Waals surface area contributed by atoms with Crippen molar-refractivity contribution in [2.75, 3.05) is 18.1 Å². The molecular formula is C12H19N3S. The highest BCUT2D eigenvalue weighted by Gasteiger charge is 2.26. The van der Waals surface area contributed by atoms with Crippen LogP contribution in [-0.2, 0) is 5.75 Å². The normalized spacial score (nSPS) is 15.1. The lowest BCUT2D eigenvalue weighted by molar-refractivity contribution is 0.912. The van der Waals surface area contributed by atoms with E-state index in [1.165, 1.54) is 18.5 Å². The molecule has 1 aromatic rings. The summed E-state index contributed by atoms with van der Waals surface area (Å²) < 4.78 is 0. The fourth-order valence-electron chi connectivity index (χ4n) is 1.64. The third-order valence-corrected chi connectivity index (χ3v) is 3.16. The molecule has 4 heteroatoms. The van der Waals surface area contributed by atoms with Gasteiger partial charge in [-0.2, -0.15) is 11.8 Å². The molecule has 2 rings (SSSR count). The van der Waals surface area contributed by atoms with Crippen molar-refractivity contribution in [1.29, 1.82) is 0 Å². The minimum atomic E-state index is 0.700. The fourth-order valence-corrected chi connectivity index (χ4v) is 2.03. The molecule has 16 heavy (non-hydrogen) atoms. The molecule has 0 aromatic carbocycles. The van der Waals surface area contributed by atoms with Gasteiger partial charge >= 0.3 is 0 Å². The molecule has 1 aliphatic carbocycles. The van der Waals surface area contributed by atoms with Gasteiger partial charge in [-0.05, 0) is 25.5 Å². The lowest BCUT2D eigenvalue weighted by Crippen LogP contribution is -2.06. The van der Waals surface area contributed by atoms with Gasteiger partial charge in [0.1, 0.15) is 11.6 Å². The second kappa shape index (κ2) is 5.53. The lowest BCUT2D eigenvalue weighted by Gasteiger charge is -2.08. The molecule has 1 N–H and O–H groups in total. The van der Waals surface area contributed by atoms with Crippen LogP contribution >= 0.6 is 11.8 Å². The van der Waals surface area contributed by atoms with Crippen molar-refractivity contribution in [1.82, 2.24) is 9.97 Å². The zero-order valence-electron chi connectivity index (χ0n) is 9.99. The Bertz CT molecular complexity index is 350. The molecule has 0 radical (unpaired) electrons. The van der Waals surface area contributed by atoms with Crippen LogP contribution in [0.25, 0.3) is 0 Å². The number of anilines is 1. The molecule has 1 fully saturated rings. The summed E-state index contributed by atoms with van der Waals surface area (Å²) in [6, 6.07) is 2.12. The monoisotopic (exact) mass is 237 g/mol. The second-order valence-corrected chi connectivity index (χ2v) is 5.09. The molecule has 1 heterocycles. The average molecular weight is 237 g/mol. The van der Waals surface area contributed by atoms with Crippen molar-refractivity contribution in [3.05, 3.63) is 17.6 Å². The Kier molecular flexibility index (Phi) is 4.04. The van der Waals surface area contributed by atoms with Crippen LogP contribution < -0.4 is 5.32 Å². The Morgan fingerprint density at radius 3 is 2.88 bits per heavy atom. The number of hydrogen-bond acceptors (Lipinski definition) is 4. The summed E-state index contributed by atoms with van der Waals surface area (Å²) in [5, 5.41) is 3.36. The fraction of sp³-hybridized carbons (Fsp3) is 0.667. The predicted octanol–water partition coefficient (Wildman–Crippen LogP) is 3.04. The zero-order valence-corrected chi connectivity index (χ0v) is 10.8. The molecule has 0 aliphatic heterocycles. The van der Waals surface area contributed by atoms with Crippen molar-refractivity contribution >= 4 is 17.6 Å². The molecule has 0 unspecified atom stereocenters. The third kappa shape index (κ3) is 3.11. The van der Waals surface area contributed by atoms with Crippen molar-refractivity contribution in [3.63, 3.8) is 0 Å². The van der Waals surface area contributed by atoms with Crippen LogP contribution in [0.3, 0.4) is 0 Å². The average Bonchev–Trinajstić information content (AvgIpc) is 3.10. The van der Waals surface area contributed by atoms with E-state index >= 15 is 0 Å². The van der Waals surface area contributed by atoms with Gasteiger partial charge in [-0.25, -0.2) is 9.97 Å². The zero-order chi connectivity index (χ0) is 11.4. The van der Waals surface area contributed by atoms with E-state index in [-0.39, 0.29) is 0 Å². The van der Waals surface area contributed by atoms with Gasteiger partial charge in [-0.1, -0.05) is 6.92 Å². The van der Waals surface area contributed by atoms with E-state index in [0.717, 1.165) is 30.4 Å². The molecule has 0 saturated heterocycles. The SMILES string of the molecule is CCCNc1cc(C2CC2)nc(CSC)n1. The smallest absolute Gasteiger partial charge is 0.140 e. The van der Waals surface area contributed by atoms with Crippen LogP contribution in [0.1, 0.15) is 43.6 Å². The second-order valence-electron chi connectivity index (χ2n) is 4.23. The minimum absolute atomic E-state index is 0.700. The largest absolute Gasteiger partial charge is 0.370 e. The number of hydrogen-bond donors (Lipinski definition) is 1. The van der Waals surface area contributed by atoms with Gasteiger partial charge in [0.15, 0.2) is 0 Å². The van der Waals surface area contributed by atoms with Crippen LogP contribution in [0.4, 0.5) is 5.82 Å². The standard InChI is InChI=1S/C12H19N3S/c1-3-6-13-11-7-10(9-4-5-9)14-12(15-11)8-16-2/h7,9H,3-6,8H2,1-2H3,(H,13,14,15). The summed E-state index contributed by atoms with van der Waals surface area (Å²) in [6.45, 7) is 3.15. The van der Waals surface area contributed by atoms with Crippen molar-refractivity contribution in [2.45, 2.75) is 37.9 Å². The van der Waals surface area contributed by atoms with Gasteiger partial charge in [0.2, 0.25) is 0 Å². The van der Waals surface area contributed by atoms with Crippen molar-refractivity contribution < 1.29 is 0 Å². The van der Waals surface area contributed by atoms with Crippen LogP contribution in [0, 0.1) is 0 Å². The Morgan fingerprint density at radius 2 is 2.25 bits per heavy atom. The molecule has 88 valence electrons. The maximum Gasteiger partial charge on any atom is 0.140 e. The highest BCUT2D eigenvalue weighted by Crippen LogP contribution is 2.39. The maximum absolute atomic E-state index is 4.62. The van der Waals surface area contributed by atoms with Crippen LogP contribution in [0.5, 0.6) is 0 Å². The topological polar surface area (TPSA) is 37.8 Å². The van der Waals surface area contributed by atoms with E-state index in [1.54, 1.807) is 11.8 Å². The number of nitrogens with one attached hydrogen (secondary N) is 1. The van der Waals surface area contributed by atoms with Gasteiger partial charge < -0.3 is 5.32 Å².